The Morgan fingerprint density at radius 3 is 2.16 bits per heavy atom. The van der Waals surface area contributed by atoms with Gasteiger partial charge < -0.3 is 4.74 Å². The summed E-state index contributed by atoms with van der Waals surface area (Å²) in [6.07, 6.45) is -3.64. The van der Waals surface area contributed by atoms with Crippen LogP contribution >= 0.6 is 0 Å². The Balaban J connectivity index is 2.24. The Hall–Kier alpha value is -3.50. The van der Waals surface area contributed by atoms with Crippen molar-refractivity contribution in [1.29, 1.82) is 0 Å². The number of nitro benzene ring substituents is 2. The van der Waals surface area contributed by atoms with Crippen LogP contribution in [0.2, 0.25) is 0 Å². The largest absolute Gasteiger partial charge is 0.573 e. The van der Waals surface area contributed by atoms with Gasteiger partial charge in [-0.1, -0.05) is 0 Å². The molecule has 0 aliphatic rings. The summed E-state index contributed by atoms with van der Waals surface area (Å²) < 4.78 is 39.9. The van der Waals surface area contributed by atoms with Crippen molar-refractivity contribution in [3.05, 3.63) is 68.3 Å². The number of hydrogen-bond acceptors (Lipinski definition) is 6. The van der Waals surface area contributed by atoms with Crippen molar-refractivity contribution < 1.29 is 27.8 Å². The fourth-order valence-corrected chi connectivity index (χ4v) is 1.78. The van der Waals surface area contributed by atoms with Crippen molar-refractivity contribution in [1.82, 2.24) is 0 Å². The normalized spacial score (nSPS) is 11.5. The summed E-state index contributed by atoms with van der Waals surface area (Å²) in [5, 5.41) is 21.6. The molecule has 0 aromatic heterocycles. The molecule has 0 bridgehead atoms. The maximum absolute atomic E-state index is 12.1. The van der Waals surface area contributed by atoms with Gasteiger partial charge in [0, 0.05) is 12.3 Å². The molecule has 25 heavy (non-hydrogen) atoms. The predicted molar refractivity (Wildman–Crippen MR) is 80.1 cm³/mol. The predicted octanol–water partition coefficient (Wildman–Crippen LogP) is 4.15. The second kappa shape index (κ2) is 6.95. The summed E-state index contributed by atoms with van der Waals surface area (Å²) in [7, 11) is 0. The SMILES string of the molecule is O=[N+]([O-])c1ccc(N=Cc2ccc(OC(F)(F)F)cc2)c([N+](=O)[O-])c1. The quantitative estimate of drug-likeness (QED) is 0.455. The minimum atomic E-state index is -4.81. The second-order valence-electron chi connectivity index (χ2n) is 4.56. The first-order valence-electron chi connectivity index (χ1n) is 6.48. The molecule has 0 aliphatic carbocycles. The average Bonchev–Trinajstić information content (AvgIpc) is 2.52. The van der Waals surface area contributed by atoms with Crippen LogP contribution in [0, 0.1) is 20.2 Å². The van der Waals surface area contributed by atoms with Crippen LogP contribution in [0.1, 0.15) is 5.56 Å². The van der Waals surface area contributed by atoms with Crippen LogP contribution in [0.3, 0.4) is 0 Å². The number of aliphatic imine (C=N–C) groups is 1. The lowest BCUT2D eigenvalue weighted by Crippen LogP contribution is -2.16. The summed E-state index contributed by atoms with van der Waals surface area (Å²) in [5.41, 5.74) is -0.810. The van der Waals surface area contributed by atoms with Gasteiger partial charge in [0.15, 0.2) is 0 Å². The van der Waals surface area contributed by atoms with Crippen LogP contribution in [0.25, 0.3) is 0 Å². The number of nitro groups is 2. The number of rotatable bonds is 5. The van der Waals surface area contributed by atoms with E-state index in [1.54, 1.807) is 0 Å². The minimum Gasteiger partial charge on any atom is -0.406 e. The van der Waals surface area contributed by atoms with E-state index < -0.39 is 33.3 Å². The van der Waals surface area contributed by atoms with Crippen molar-refractivity contribution in [2.24, 2.45) is 4.99 Å². The summed E-state index contributed by atoms with van der Waals surface area (Å²) in [6, 6.07) is 7.57. The first-order valence-corrected chi connectivity index (χ1v) is 6.48. The highest BCUT2D eigenvalue weighted by atomic mass is 19.4. The van der Waals surface area contributed by atoms with Crippen LogP contribution in [0.5, 0.6) is 5.75 Å². The van der Waals surface area contributed by atoms with Gasteiger partial charge in [0.25, 0.3) is 5.69 Å². The number of ether oxygens (including phenoxy) is 1. The third kappa shape index (κ3) is 4.99. The highest BCUT2D eigenvalue weighted by Gasteiger charge is 2.30. The molecule has 0 amide bonds. The van der Waals surface area contributed by atoms with Crippen molar-refractivity contribution >= 4 is 23.3 Å². The molecule has 0 heterocycles. The third-order valence-electron chi connectivity index (χ3n) is 2.83. The Kier molecular flexibility index (Phi) is 4.96. The smallest absolute Gasteiger partial charge is 0.406 e. The van der Waals surface area contributed by atoms with Gasteiger partial charge in [-0.3, -0.25) is 20.2 Å². The highest BCUT2D eigenvalue weighted by Crippen LogP contribution is 2.31. The summed E-state index contributed by atoms with van der Waals surface area (Å²) in [5.74, 6) is -0.425. The van der Waals surface area contributed by atoms with Gasteiger partial charge in [0.05, 0.1) is 15.9 Å². The van der Waals surface area contributed by atoms with Crippen LogP contribution in [0.15, 0.2) is 47.5 Å². The zero-order valence-corrected chi connectivity index (χ0v) is 12.1. The molecule has 2 aromatic rings. The molecule has 130 valence electrons. The number of hydrogen-bond donors (Lipinski definition) is 0. The monoisotopic (exact) mass is 355 g/mol. The summed E-state index contributed by atoms with van der Waals surface area (Å²) >= 11 is 0. The summed E-state index contributed by atoms with van der Waals surface area (Å²) in [6.45, 7) is 0. The molecule has 2 rings (SSSR count). The van der Waals surface area contributed by atoms with E-state index in [1.807, 2.05) is 0 Å². The molecule has 2 aromatic carbocycles. The van der Waals surface area contributed by atoms with E-state index in [0.717, 1.165) is 30.3 Å². The second-order valence-corrected chi connectivity index (χ2v) is 4.56. The Labute approximate surface area is 137 Å². The lowest BCUT2D eigenvalue weighted by atomic mass is 10.2. The molecular weight excluding hydrogens is 347 g/mol. The van der Waals surface area contributed by atoms with Crippen molar-refractivity contribution in [2.45, 2.75) is 6.36 Å². The van der Waals surface area contributed by atoms with Gasteiger partial charge in [0.1, 0.15) is 11.4 Å². The van der Waals surface area contributed by atoms with E-state index in [2.05, 4.69) is 9.73 Å². The first kappa shape index (κ1) is 17.8. The van der Waals surface area contributed by atoms with Crippen LogP contribution in [-0.2, 0) is 0 Å². The van der Waals surface area contributed by atoms with Crippen LogP contribution in [-0.4, -0.2) is 22.4 Å². The molecule has 0 spiro atoms. The maximum Gasteiger partial charge on any atom is 0.573 e. The Morgan fingerprint density at radius 2 is 1.64 bits per heavy atom. The van der Waals surface area contributed by atoms with Crippen molar-refractivity contribution in [3.8, 4) is 5.75 Å². The molecule has 11 heteroatoms. The fraction of sp³-hybridized carbons (Fsp3) is 0.0714. The van der Waals surface area contributed by atoms with Crippen molar-refractivity contribution in [3.63, 3.8) is 0 Å². The number of non-ortho nitro benzene ring substituents is 1. The van der Waals surface area contributed by atoms with Gasteiger partial charge in [0.2, 0.25) is 0 Å². The Morgan fingerprint density at radius 1 is 1.00 bits per heavy atom. The van der Waals surface area contributed by atoms with E-state index in [-0.39, 0.29) is 5.69 Å². The topological polar surface area (TPSA) is 108 Å². The summed E-state index contributed by atoms with van der Waals surface area (Å²) in [4.78, 5) is 23.9. The molecule has 8 nitrogen and oxygen atoms in total. The van der Waals surface area contributed by atoms with E-state index >= 15 is 0 Å². The average molecular weight is 355 g/mol. The first-order chi connectivity index (χ1) is 11.7. The molecule has 0 saturated carbocycles. The molecule has 0 fully saturated rings. The maximum atomic E-state index is 12.1. The zero-order chi connectivity index (χ0) is 18.6. The molecule has 0 aliphatic heterocycles. The molecule has 0 saturated heterocycles. The molecule has 0 atom stereocenters. The molecule has 0 N–H and O–H groups in total. The van der Waals surface area contributed by atoms with Gasteiger partial charge in [-0.2, -0.15) is 0 Å². The number of halogens is 3. The van der Waals surface area contributed by atoms with Crippen LogP contribution in [0.4, 0.5) is 30.2 Å². The standard InChI is InChI=1S/C14H8F3N3O5/c15-14(16,17)25-11-4-1-9(2-5-11)8-18-12-6-3-10(19(21)22)7-13(12)20(23)24/h1-8H. The molecule has 0 radical (unpaired) electrons. The van der Waals surface area contributed by atoms with E-state index in [1.165, 1.54) is 18.3 Å². The third-order valence-corrected chi connectivity index (χ3v) is 2.83. The number of alkyl halides is 3. The van der Waals surface area contributed by atoms with E-state index in [9.17, 15) is 33.4 Å². The number of benzene rings is 2. The zero-order valence-electron chi connectivity index (χ0n) is 12.1. The van der Waals surface area contributed by atoms with Gasteiger partial charge in [-0.15, -0.1) is 13.2 Å². The lowest BCUT2D eigenvalue weighted by molar-refractivity contribution is -0.393. The van der Waals surface area contributed by atoms with Gasteiger partial charge >= 0.3 is 12.0 Å². The lowest BCUT2D eigenvalue weighted by Gasteiger charge is -2.08. The van der Waals surface area contributed by atoms with Crippen LogP contribution < -0.4 is 4.74 Å². The van der Waals surface area contributed by atoms with Crippen molar-refractivity contribution in [2.75, 3.05) is 0 Å². The highest BCUT2D eigenvalue weighted by molar-refractivity contribution is 5.83. The Bertz CT molecular complexity index is 835. The fourth-order valence-electron chi connectivity index (χ4n) is 1.78. The van der Waals surface area contributed by atoms with E-state index in [0.29, 0.717) is 5.56 Å². The van der Waals surface area contributed by atoms with Gasteiger partial charge in [-0.25, -0.2) is 4.99 Å². The molecule has 0 unspecified atom stereocenters. The number of nitrogens with zero attached hydrogens (tertiary/aromatic N) is 3. The van der Waals surface area contributed by atoms with Gasteiger partial charge in [-0.05, 0) is 35.9 Å². The van der Waals surface area contributed by atoms with E-state index in [4.69, 9.17) is 0 Å². The molecular formula is C14H8F3N3O5. The minimum absolute atomic E-state index is 0.133.